The average molecular weight is 649 g/mol. The highest BCUT2D eigenvalue weighted by Crippen LogP contribution is 2.45. The van der Waals surface area contributed by atoms with E-state index in [2.05, 4.69) is 199 Å². The first-order valence-corrected chi connectivity index (χ1v) is 17.5. The second-order valence-electron chi connectivity index (χ2n) is 13.2. The highest BCUT2D eigenvalue weighted by atomic mass is 15.1. The lowest BCUT2D eigenvalue weighted by atomic mass is 9.85. The quantitative estimate of drug-likeness (QED) is 0.170. The van der Waals surface area contributed by atoms with E-state index in [1.807, 2.05) is 0 Å². The maximum Gasteiger partial charge on any atom is 0.145 e. The minimum Gasteiger partial charge on any atom is -0.292 e. The van der Waals surface area contributed by atoms with Crippen LogP contribution in [0.4, 0.5) is 0 Å². The second-order valence-corrected chi connectivity index (χ2v) is 13.2. The summed E-state index contributed by atoms with van der Waals surface area (Å²) in [4.78, 5) is 5.37. The molecular weight excluding hydrogens is 617 g/mol. The van der Waals surface area contributed by atoms with Crippen molar-refractivity contribution in [3.63, 3.8) is 0 Å². The number of nitrogens with zero attached hydrogens (tertiary/aromatic N) is 2. The monoisotopic (exact) mass is 648 g/mol. The van der Waals surface area contributed by atoms with E-state index < -0.39 is 0 Å². The predicted molar refractivity (Wildman–Crippen MR) is 215 cm³/mol. The van der Waals surface area contributed by atoms with E-state index >= 15 is 0 Å². The number of benzene rings is 9. The average Bonchev–Trinajstić information content (AvgIpc) is 3.59. The Hall–Kier alpha value is -6.77. The van der Waals surface area contributed by atoms with Crippen LogP contribution in [0.5, 0.6) is 0 Å². The van der Waals surface area contributed by atoms with Crippen molar-refractivity contribution in [2.24, 2.45) is 0 Å². The summed E-state index contributed by atoms with van der Waals surface area (Å²) in [5, 5.41) is 7.46. The molecule has 10 rings (SSSR count). The van der Waals surface area contributed by atoms with Crippen LogP contribution >= 0.6 is 0 Å². The van der Waals surface area contributed by atoms with Crippen LogP contribution in [0.3, 0.4) is 0 Å². The van der Waals surface area contributed by atoms with Gasteiger partial charge in [0.1, 0.15) is 5.82 Å². The highest BCUT2D eigenvalue weighted by Gasteiger charge is 2.19. The van der Waals surface area contributed by atoms with E-state index in [9.17, 15) is 0 Å². The fraction of sp³-hybridized carbons (Fsp3) is 0. The van der Waals surface area contributed by atoms with Crippen molar-refractivity contribution in [2.45, 2.75) is 0 Å². The molecule has 0 aliphatic rings. The third-order valence-electron chi connectivity index (χ3n) is 10.2. The van der Waals surface area contributed by atoms with Crippen molar-refractivity contribution in [1.29, 1.82) is 0 Å². The molecule has 0 N–H and O–H groups in total. The lowest BCUT2D eigenvalue weighted by molar-refractivity contribution is 1.10. The molecule has 10 aromatic rings. The van der Waals surface area contributed by atoms with Gasteiger partial charge in [-0.05, 0) is 96.0 Å². The Morgan fingerprint density at radius 3 is 1.45 bits per heavy atom. The molecule has 0 bridgehead atoms. The molecule has 2 heteroatoms. The van der Waals surface area contributed by atoms with Crippen molar-refractivity contribution in [1.82, 2.24) is 9.55 Å². The Labute approximate surface area is 296 Å². The van der Waals surface area contributed by atoms with Gasteiger partial charge in [-0.2, -0.15) is 0 Å². The molecule has 51 heavy (non-hydrogen) atoms. The Kier molecular flexibility index (Phi) is 6.85. The van der Waals surface area contributed by atoms with Crippen molar-refractivity contribution in [3.8, 4) is 50.5 Å². The molecule has 1 heterocycles. The summed E-state index contributed by atoms with van der Waals surface area (Å²) >= 11 is 0. The molecule has 0 unspecified atom stereocenters. The summed E-state index contributed by atoms with van der Waals surface area (Å²) in [7, 11) is 0. The number of imidazole rings is 1. The van der Waals surface area contributed by atoms with Gasteiger partial charge >= 0.3 is 0 Å². The third-order valence-corrected chi connectivity index (χ3v) is 10.2. The first kappa shape index (κ1) is 29.2. The van der Waals surface area contributed by atoms with Crippen molar-refractivity contribution < 1.29 is 0 Å². The third kappa shape index (κ3) is 4.92. The minimum atomic E-state index is 0.925. The molecule has 0 aliphatic carbocycles. The van der Waals surface area contributed by atoms with Gasteiger partial charge in [0.25, 0.3) is 0 Å². The van der Waals surface area contributed by atoms with E-state index in [0.29, 0.717) is 0 Å². The largest absolute Gasteiger partial charge is 0.292 e. The van der Waals surface area contributed by atoms with Gasteiger partial charge in [-0.25, -0.2) is 4.98 Å². The molecule has 0 saturated carbocycles. The van der Waals surface area contributed by atoms with Crippen LogP contribution in [-0.4, -0.2) is 9.55 Å². The number of para-hydroxylation sites is 1. The molecule has 0 saturated heterocycles. The number of rotatable bonds is 5. The normalized spacial score (nSPS) is 11.5. The maximum atomic E-state index is 5.37. The first-order chi connectivity index (χ1) is 25.3. The predicted octanol–water partition coefficient (Wildman–Crippen LogP) is 13.2. The van der Waals surface area contributed by atoms with E-state index in [1.165, 1.54) is 60.1 Å². The Morgan fingerprint density at radius 2 is 0.804 bits per heavy atom. The molecule has 2 nitrogen and oxygen atoms in total. The zero-order chi connectivity index (χ0) is 33.7. The van der Waals surface area contributed by atoms with Gasteiger partial charge < -0.3 is 0 Å². The summed E-state index contributed by atoms with van der Waals surface area (Å²) < 4.78 is 2.29. The summed E-state index contributed by atoms with van der Waals surface area (Å²) in [6, 6.07) is 69.8. The van der Waals surface area contributed by atoms with Crippen LogP contribution in [0.1, 0.15) is 0 Å². The van der Waals surface area contributed by atoms with Crippen LogP contribution in [0.15, 0.2) is 194 Å². The van der Waals surface area contributed by atoms with Gasteiger partial charge in [-0.15, -0.1) is 0 Å². The molecule has 1 aromatic heterocycles. The van der Waals surface area contributed by atoms with Gasteiger partial charge in [-0.1, -0.05) is 164 Å². The maximum absolute atomic E-state index is 5.37. The van der Waals surface area contributed by atoms with Crippen LogP contribution in [0, 0.1) is 0 Å². The molecular formula is C49H32N2. The lowest BCUT2D eigenvalue weighted by Crippen LogP contribution is -1.97. The van der Waals surface area contributed by atoms with Gasteiger partial charge in [0.2, 0.25) is 0 Å². The molecule has 0 aliphatic heterocycles. The number of aromatic nitrogens is 2. The summed E-state index contributed by atoms with van der Waals surface area (Å²) in [5.41, 5.74) is 11.5. The summed E-state index contributed by atoms with van der Waals surface area (Å²) in [6.07, 6.45) is 0. The summed E-state index contributed by atoms with van der Waals surface area (Å²) in [5.74, 6) is 0.925. The number of hydrogen-bond donors (Lipinski definition) is 0. The molecule has 9 aromatic carbocycles. The molecule has 0 radical (unpaired) electrons. The number of hydrogen-bond acceptors (Lipinski definition) is 1. The van der Waals surface area contributed by atoms with Crippen LogP contribution in [0.25, 0.3) is 93.8 Å². The van der Waals surface area contributed by atoms with Crippen molar-refractivity contribution >= 4 is 43.4 Å². The number of fused-ring (bicyclic) bond motifs is 4. The SMILES string of the molecule is c1ccc(-c2ccc(-c3nc4cc(-c5c6ccccc6c(-c6ccc7ccccc7c6)c6ccccc56)ccc4n3-c3ccccc3)cc2)cc1. The topological polar surface area (TPSA) is 17.8 Å². The zero-order valence-corrected chi connectivity index (χ0v) is 27.9. The highest BCUT2D eigenvalue weighted by molar-refractivity contribution is 6.22. The first-order valence-electron chi connectivity index (χ1n) is 17.5. The van der Waals surface area contributed by atoms with Crippen molar-refractivity contribution in [2.75, 3.05) is 0 Å². The van der Waals surface area contributed by atoms with Crippen LogP contribution in [-0.2, 0) is 0 Å². The fourth-order valence-corrected chi connectivity index (χ4v) is 7.81. The smallest absolute Gasteiger partial charge is 0.145 e. The minimum absolute atomic E-state index is 0.925. The van der Waals surface area contributed by atoms with E-state index in [0.717, 1.165) is 33.7 Å². The molecule has 0 atom stereocenters. The standard InChI is InChI=1S/C49H32N2/c1-3-13-33(14-4-1)35-23-26-36(27-24-35)49-50-45-32-39(29-30-46(45)51(49)40-17-5-2-6-18-40)48-43-21-11-9-19-41(43)47(42-20-10-12-22-44(42)48)38-28-25-34-15-7-8-16-37(34)31-38/h1-32H. The van der Waals surface area contributed by atoms with E-state index in [4.69, 9.17) is 4.98 Å². The zero-order valence-electron chi connectivity index (χ0n) is 27.9. The van der Waals surface area contributed by atoms with Gasteiger partial charge in [0.05, 0.1) is 11.0 Å². The van der Waals surface area contributed by atoms with Gasteiger partial charge in [0.15, 0.2) is 0 Å². The molecule has 0 fully saturated rings. The Morgan fingerprint density at radius 1 is 0.333 bits per heavy atom. The second kappa shape index (κ2) is 12.0. The van der Waals surface area contributed by atoms with Crippen molar-refractivity contribution in [3.05, 3.63) is 194 Å². The molecule has 0 amide bonds. The molecule has 0 spiro atoms. The van der Waals surface area contributed by atoms with E-state index in [-0.39, 0.29) is 0 Å². The van der Waals surface area contributed by atoms with Crippen LogP contribution in [0.2, 0.25) is 0 Å². The fourth-order valence-electron chi connectivity index (χ4n) is 7.81. The Balaban J connectivity index is 1.19. The molecule has 238 valence electrons. The van der Waals surface area contributed by atoms with E-state index in [1.54, 1.807) is 0 Å². The Bertz CT molecular complexity index is 2830. The lowest BCUT2D eigenvalue weighted by Gasteiger charge is -2.18. The van der Waals surface area contributed by atoms with Gasteiger partial charge in [-0.3, -0.25) is 4.57 Å². The van der Waals surface area contributed by atoms with Crippen LogP contribution < -0.4 is 0 Å². The van der Waals surface area contributed by atoms with Gasteiger partial charge in [0, 0.05) is 11.3 Å². The summed E-state index contributed by atoms with van der Waals surface area (Å²) in [6.45, 7) is 0.